The summed E-state index contributed by atoms with van der Waals surface area (Å²) in [6, 6.07) is 8.51. The van der Waals surface area contributed by atoms with Gasteiger partial charge in [-0.15, -0.1) is 0 Å². The van der Waals surface area contributed by atoms with E-state index in [-0.39, 0.29) is 12.1 Å². The molecule has 120 valence electrons. The lowest BCUT2D eigenvalue weighted by Crippen LogP contribution is -2.45. The van der Waals surface area contributed by atoms with E-state index in [1.807, 2.05) is 17.0 Å². The maximum absolute atomic E-state index is 12.3. The average Bonchev–Trinajstić information content (AvgIpc) is 3.06. The number of ether oxygens (including phenoxy) is 2. The molecule has 1 N–H and O–H groups in total. The molecule has 1 aromatic carbocycles. The molecule has 2 saturated heterocycles. The highest BCUT2D eigenvalue weighted by Gasteiger charge is 2.28. The van der Waals surface area contributed by atoms with Crippen molar-refractivity contribution in [3.05, 3.63) is 29.8 Å². The first-order valence-corrected chi connectivity index (χ1v) is 8.03. The standard InChI is InChI=1S/C17H24N2O3/c1-21-16-4-2-13(3-5-16)14-6-9-19(12-14)17(20)18-15-7-10-22-11-8-15/h2-5,14-15H,6-12H2,1H3,(H,18,20)/t14-/m1/s1. The molecule has 22 heavy (non-hydrogen) atoms. The third-order valence-corrected chi connectivity index (χ3v) is 4.61. The lowest BCUT2D eigenvalue weighted by Gasteiger charge is -2.26. The van der Waals surface area contributed by atoms with Gasteiger partial charge < -0.3 is 19.7 Å². The molecule has 0 aromatic heterocycles. The van der Waals surface area contributed by atoms with E-state index < -0.39 is 0 Å². The fourth-order valence-electron chi connectivity index (χ4n) is 3.20. The molecular formula is C17H24N2O3. The first-order valence-electron chi connectivity index (χ1n) is 8.03. The van der Waals surface area contributed by atoms with E-state index in [4.69, 9.17) is 9.47 Å². The Morgan fingerprint density at radius 3 is 2.64 bits per heavy atom. The molecule has 0 aliphatic carbocycles. The number of amides is 2. The van der Waals surface area contributed by atoms with Gasteiger partial charge in [0.1, 0.15) is 5.75 Å². The maximum atomic E-state index is 12.3. The van der Waals surface area contributed by atoms with E-state index in [0.717, 1.165) is 51.3 Å². The van der Waals surface area contributed by atoms with E-state index in [1.165, 1.54) is 5.56 Å². The number of rotatable bonds is 3. The lowest BCUT2D eigenvalue weighted by atomic mass is 9.98. The Bertz CT molecular complexity index is 497. The number of hydrogen-bond donors (Lipinski definition) is 1. The van der Waals surface area contributed by atoms with Crippen molar-refractivity contribution in [2.75, 3.05) is 33.4 Å². The molecule has 0 unspecified atom stereocenters. The van der Waals surface area contributed by atoms with Crippen molar-refractivity contribution in [1.82, 2.24) is 10.2 Å². The van der Waals surface area contributed by atoms with Crippen molar-refractivity contribution in [3.63, 3.8) is 0 Å². The largest absolute Gasteiger partial charge is 0.497 e. The van der Waals surface area contributed by atoms with Gasteiger partial charge in [0.15, 0.2) is 0 Å². The Morgan fingerprint density at radius 1 is 1.23 bits per heavy atom. The summed E-state index contributed by atoms with van der Waals surface area (Å²) in [4.78, 5) is 14.3. The summed E-state index contributed by atoms with van der Waals surface area (Å²) >= 11 is 0. The summed E-state index contributed by atoms with van der Waals surface area (Å²) in [5.74, 6) is 1.29. The predicted octanol–water partition coefficient (Wildman–Crippen LogP) is 2.37. The normalized spacial score (nSPS) is 22.6. The molecule has 2 aliphatic heterocycles. The lowest BCUT2D eigenvalue weighted by molar-refractivity contribution is 0.0785. The van der Waals surface area contributed by atoms with Gasteiger partial charge in [0.25, 0.3) is 0 Å². The number of urea groups is 1. The van der Waals surface area contributed by atoms with Gasteiger partial charge in [-0.1, -0.05) is 12.1 Å². The molecule has 3 rings (SSSR count). The van der Waals surface area contributed by atoms with Crippen LogP contribution >= 0.6 is 0 Å². The number of likely N-dealkylation sites (tertiary alicyclic amines) is 1. The van der Waals surface area contributed by atoms with Crippen LogP contribution in [-0.4, -0.2) is 50.4 Å². The molecule has 5 heteroatoms. The van der Waals surface area contributed by atoms with E-state index in [0.29, 0.717) is 5.92 Å². The van der Waals surface area contributed by atoms with Gasteiger partial charge in [-0.2, -0.15) is 0 Å². The van der Waals surface area contributed by atoms with Crippen LogP contribution in [0, 0.1) is 0 Å². The maximum Gasteiger partial charge on any atom is 0.317 e. The Balaban J connectivity index is 1.53. The number of methoxy groups -OCH3 is 1. The summed E-state index contributed by atoms with van der Waals surface area (Å²) in [6.07, 6.45) is 2.86. The summed E-state index contributed by atoms with van der Waals surface area (Å²) in [5.41, 5.74) is 1.28. The van der Waals surface area contributed by atoms with Crippen molar-refractivity contribution >= 4 is 6.03 Å². The van der Waals surface area contributed by atoms with Crippen LogP contribution in [0.3, 0.4) is 0 Å². The van der Waals surface area contributed by atoms with Crippen LogP contribution in [0.4, 0.5) is 4.79 Å². The van der Waals surface area contributed by atoms with Crippen molar-refractivity contribution in [1.29, 1.82) is 0 Å². The summed E-state index contributed by atoms with van der Waals surface area (Å²) < 4.78 is 10.5. The molecule has 5 nitrogen and oxygen atoms in total. The molecule has 2 amide bonds. The Labute approximate surface area is 131 Å². The van der Waals surface area contributed by atoms with Gasteiger partial charge in [-0.05, 0) is 37.0 Å². The summed E-state index contributed by atoms with van der Waals surface area (Å²) in [7, 11) is 1.67. The van der Waals surface area contributed by atoms with Crippen LogP contribution in [-0.2, 0) is 4.74 Å². The minimum Gasteiger partial charge on any atom is -0.497 e. The Morgan fingerprint density at radius 2 is 1.95 bits per heavy atom. The Hall–Kier alpha value is -1.75. The second-order valence-corrected chi connectivity index (χ2v) is 6.04. The molecule has 0 radical (unpaired) electrons. The second-order valence-electron chi connectivity index (χ2n) is 6.04. The fraction of sp³-hybridized carbons (Fsp3) is 0.588. The van der Waals surface area contributed by atoms with Crippen molar-refractivity contribution in [2.24, 2.45) is 0 Å². The van der Waals surface area contributed by atoms with Gasteiger partial charge >= 0.3 is 6.03 Å². The van der Waals surface area contributed by atoms with Crippen LogP contribution in [0.15, 0.2) is 24.3 Å². The topological polar surface area (TPSA) is 50.8 Å². The number of carbonyl (C=O) groups is 1. The van der Waals surface area contributed by atoms with Crippen molar-refractivity contribution in [2.45, 2.75) is 31.2 Å². The van der Waals surface area contributed by atoms with Crippen LogP contribution in [0.5, 0.6) is 5.75 Å². The van der Waals surface area contributed by atoms with Gasteiger partial charge in [0.05, 0.1) is 7.11 Å². The van der Waals surface area contributed by atoms with Crippen LogP contribution in [0.2, 0.25) is 0 Å². The first-order chi connectivity index (χ1) is 10.8. The first kappa shape index (κ1) is 15.2. The number of benzene rings is 1. The second kappa shape index (κ2) is 7.01. The Kier molecular flexibility index (Phi) is 4.83. The van der Waals surface area contributed by atoms with Crippen LogP contribution in [0.1, 0.15) is 30.7 Å². The third kappa shape index (κ3) is 3.53. The van der Waals surface area contributed by atoms with E-state index in [1.54, 1.807) is 7.11 Å². The molecule has 1 atom stereocenters. The highest BCUT2D eigenvalue weighted by molar-refractivity contribution is 5.75. The molecule has 0 bridgehead atoms. The van der Waals surface area contributed by atoms with E-state index in [2.05, 4.69) is 17.4 Å². The van der Waals surface area contributed by atoms with Crippen molar-refractivity contribution < 1.29 is 14.3 Å². The number of hydrogen-bond acceptors (Lipinski definition) is 3. The molecule has 2 aliphatic rings. The zero-order valence-electron chi connectivity index (χ0n) is 13.1. The zero-order chi connectivity index (χ0) is 15.4. The number of nitrogens with one attached hydrogen (secondary N) is 1. The molecule has 0 spiro atoms. The zero-order valence-corrected chi connectivity index (χ0v) is 13.1. The molecule has 2 fully saturated rings. The van der Waals surface area contributed by atoms with Crippen molar-refractivity contribution in [3.8, 4) is 5.75 Å². The summed E-state index contributed by atoms with van der Waals surface area (Å²) in [6.45, 7) is 3.12. The van der Waals surface area contributed by atoms with Gasteiger partial charge in [-0.3, -0.25) is 0 Å². The number of nitrogens with zero attached hydrogens (tertiary/aromatic N) is 1. The quantitative estimate of drug-likeness (QED) is 0.933. The fourth-order valence-corrected chi connectivity index (χ4v) is 3.20. The number of carbonyl (C=O) groups excluding carboxylic acids is 1. The minimum absolute atomic E-state index is 0.0721. The van der Waals surface area contributed by atoms with Crippen LogP contribution < -0.4 is 10.1 Å². The molecule has 0 saturated carbocycles. The van der Waals surface area contributed by atoms with Gasteiger partial charge in [-0.25, -0.2) is 4.79 Å². The highest BCUT2D eigenvalue weighted by Crippen LogP contribution is 2.28. The minimum atomic E-state index is 0.0721. The SMILES string of the molecule is COc1ccc([C@@H]2CCN(C(=O)NC3CCOCC3)C2)cc1. The average molecular weight is 304 g/mol. The molecule has 1 aromatic rings. The predicted molar refractivity (Wildman–Crippen MR) is 84.3 cm³/mol. The van der Waals surface area contributed by atoms with Gasteiger partial charge in [0, 0.05) is 38.3 Å². The highest BCUT2D eigenvalue weighted by atomic mass is 16.5. The third-order valence-electron chi connectivity index (χ3n) is 4.61. The monoisotopic (exact) mass is 304 g/mol. The van der Waals surface area contributed by atoms with Crippen LogP contribution in [0.25, 0.3) is 0 Å². The van der Waals surface area contributed by atoms with E-state index in [9.17, 15) is 4.79 Å². The molecule has 2 heterocycles. The van der Waals surface area contributed by atoms with E-state index >= 15 is 0 Å². The van der Waals surface area contributed by atoms with Gasteiger partial charge in [0.2, 0.25) is 0 Å². The summed E-state index contributed by atoms with van der Waals surface area (Å²) in [5, 5.41) is 3.14. The molecular weight excluding hydrogens is 280 g/mol. The smallest absolute Gasteiger partial charge is 0.317 e.